The highest BCUT2D eigenvalue weighted by Crippen LogP contribution is 2.37. The van der Waals surface area contributed by atoms with Crippen LogP contribution in [-0.4, -0.2) is 24.7 Å². The molecule has 1 nitrogen and oxygen atoms in total. The van der Waals surface area contributed by atoms with Crippen molar-refractivity contribution >= 4 is 24.4 Å². The zero-order valence-electron chi connectivity index (χ0n) is 9.69. The summed E-state index contributed by atoms with van der Waals surface area (Å²) < 4.78 is 18.5. The lowest BCUT2D eigenvalue weighted by Gasteiger charge is -2.35. The molecule has 4 heteroatoms. The number of hydrogen-bond acceptors (Lipinski definition) is 3. The summed E-state index contributed by atoms with van der Waals surface area (Å²) in [4.78, 5) is 0.998. The number of ether oxygens (including phenoxy) is 1. The van der Waals surface area contributed by atoms with E-state index in [2.05, 4.69) is 12.6 Å². The van der Waals surface area contributed by atoms with Gasteiger partial charge in [0.25, 0.3) is 0 Å². The van der Waals surface area contributed by atoms with E-state index in [4.69, 9.17) is 4.74 Å². The molecule has 0 bridgehead atoms. The second-order valence-electron chi connectivity index (χ2n) is 4.52. The van der Waals surface area contributed by atoms with Gasteiger partial charge >= 0.3 is 0 Å². The summed E-state index contributed by atoms with van der Waals surface area (Å²) in [5.41, 5.74) is 0.248. The summed E-state index contributed by atoms with van der Waals surface area (Å²) in [7, 11) is 0. The maximum Gasteiger partial charge on any atom is 0.124 e. The monoisotopic (exact) mass is 272 g/mol. The van der Waals surface area contributed by atoms with Crippen LogP contribution in [0.15, 0.2) is 29.2 Å². The van der Waals surface area contributed by atoms with Crippen LogP contribution in [0.2, 0.25) is 0 Å². The molecule has 17 heavy (non-hydrogen) atoms. The Labute approximate surface area is 112 Å². The van der Waals surface area contributed by atoms with Gasteiger partial charge < -0.3 is 4.74 Å². The summed E-state index contributed by atoms with van der Waals surface area (Å²) in [5, 5.41) is 0. The normalized spacial score (nSPS) is 19.2. The molecule has 1 aromatic rings. The number of thioether (sulfide) groups is 1. The third-order valence-electron chi connectivity index (χ3n) is 3.23. The second-order valence-corrected chi connectivity index (χ2v) is 5.88. The largest absolute Gasteiger partial charge is 0.381 e. The topological polar surface area (TPSA) is 9.23 Å². The van der Waals surface area contributed by atoms with Crippen molar-refractivity contribution in [2.45, 2.75) is 17.7 Å². The third-order valence-corrected chi connectivity index (χ3v) is 5.24. The zero-order chi connectivity index (χ0) is 12.1. The molecule has 1 heterocycles. The first kappa shape index (κ1) is 13.2. The van der Waals surface area contributed by atoms with Crippen LogP contribution in [0.3, 0.4) is 0 Å². The summed E-state index contributed by atoms with van der Waals surface area (Å²) in [6, 6.07) is 6.79. The summed E-state index contributed by atoms with van der Waals surface area (Å²) in [6.07, 6.45) is 2.11. The van der Waals surface area contributed by atoms with Gasteiger partial charge in [-0.1, -0.05) is 6.07 Å². The van der Waals surface area contributed by atoms with Crippen LogP contribution in [0.5, 0.6) is 0 Å². The van der Waals surface area contributed by atoms with Crippen molar-refractivity contribution in [3.63, 3.8) is 0 Å². The van der Waals surface area contributed by atoms with Crippen LogP contribution >= 0.6 is 24.4 Å². The molecule has 1 aliphatic heterocycles. The summed E-state index contributed by atoms with van der Waals surface area (Å²) in [5.74, 6) is 1.70. The van der Waals surface area contributed by atoms with E-state index in [0.717, 1.165) is 42.5 Å². The molecular weight excluding hydrogens is 255 g/mol. The molecule has 1 aliphatic rings. The molecule has 1 fully saturated rings. The predicted molar refractivity (Wildman–Crippen MR) is 73.5 cm³/mol. The van der Waals surface area contributed by atoms with Gasteiger partial charge in [-0.2, -0.15) is 12.6 Å². The van der Waals surface area contributed by atoms with E-state index in [1.165, 1.54) is 6.07 Å². The maximum absolute atomic E-state index is 13.1. The fourth-order valence-electron chi connectivity index (χ4n) is 1.95. The maximum atomic E-state index is 13.1. The van der Waals surface area contributed by atoms with Crippen molar-refractivity contribution in [1.29, 1.82) is 0 Å². The van der Waals surface area contributed by atoms with E-state index in [1.807, 2.05) is 6.07 Å². The number of benzene rings is 1. The van der Waals surface area contributed by atoms with Crippen molar-refractivity contribution in [2.24, 2.45) is 5.41 Å². The van der Waals surface area contributed by atoms with E-state index in [0.29, 0.717) is 0 Å². The zero-order valence-corrected chi connectivity index (χ0v) is 11.4. The lowest BCUT2D eigenvalue weighted by Crippen LogP contribution is -2.33. The van der Waals surface area contributed by atoms with Gasteiger partial charge in [0.2, 0.25) is 0 Å². The number of halogens is 1. The highest BCUT2D eigenvalue weighted by Gasteiger charge is 2.31. The molecular formula is C13H17FOS2. The van der Waals surface area contributed by atoms with Gasteiger partial charge in [-0.3, -0.25) is 0 Å². The minimum absolute atomic E-state index is 0.165. The Morgan fingerprint density at radius 2 is 2.12 bits per heavy atom. The molecule has 0 radical (unpaired) electrons. The fourth-order valence-corrected chi connectivity index (χ4v) is 3.76. The second kappa shape index (κ2) is 6.12. The van der Waals surface area contributed by atoms with Crippen molar-refractivity contribution in [1.82, 2.24) is 0 Å². The Kier molecular flexibility index (Phi) is 4.77. The standard InChI is InChI=1S/C13H17FOS2/c14-11-2-1-3-12(8-11)17-10-13(9-16)4-6-15-7-5-13/h1-3,8,16H,4-7,9-10H2. The molecule has 1 aromatic carbocycles. The number of hydrogen-bond donors (Lipinski definition) is 1. The van der Waals surface area contributed by atoms with E-state index in [-0.39, 0.29) is 11.2 Å². The summed E-state index contributed by atoms with van der Waals surface area (Å²) in [6.45, 7) is 1.65. The Morgan fingerprint density at radius 3 is 2.76 bits per heavy atom. The highest BCUT2D eigenvalue weighted by molar-refractivity contribution is 7.99. The molecule has 0 atom stereocenters. The molecule has 0 aromatic heterocycles. The molecule has 0 spiro atoms. The molecule has 0 amide bonds. The van der Waals surface area contributed by atoms with Gasteiger partial charge in [0.15, 0.2) is 0 Å². The first-order valence-electron chi connectivity index (χ1n) is 5.81. The molecule has 0 N–H and O–H groups in total. The van der Waals surface area contributed by atoms with Gasteiger partial charge in [0.05, 0.1) is 0 Å². The van der Waals surface area contributed by atoms with Crippen LogP contribution in [0.1, 0.15) is 12.8 Å². The molecule has 0 unspecified atom stereocenters. The Bertz CT molecular complexity index is 364. The average Bonchev–Trinajstić information content (AvgIpc) is 2.38. The summed E-state index contributed by atoms with van der Waals surface area (Å²) >= 11 is 6.19. The van der Waals surface area contributed by atoms with Crippen LogP contribution in [0, 0.1) is 11.2 Å². The lowest BCUT2D eigenvalue weighted by atomic mass is 9.84. The van der Waals surface area contributed by atoms with Crippen molar-refractivity contribution in [3.8, 4) is 0 Å². The van der Waals surface area contributed by atoms with Gasteiger partial charge in [-0.15, -0.1) is 11.8 Å². The van der Waals surface area contributed by atoms with Crippen LogP contribution in [0.25, 0.3) is 0 Å². The van der Waals surface area contributed by atoms with Crippen LogP contribution in [-0.2, 0) is 4.74 Å². The first-order chi connectivity index (χ1) is 8.24. The Balaban J connectivity index is 1.95. The fraction of sp³-hybridized carbons (Fsp3) is 0.538. The van der Waals surface area contributed by atoms with Gasteiger partial charge in [-0.05, 0) is 42.2 Å². The minimum Gasteiger partial charge on any atom is -0.381 e. The minimum atomic E-state index is -0.165. The van der Waals surface area contributed by atoms with Gasteiger partial charge in [0, 0.05) is 23.9 Å². The molecule has 2 rings (SSSR count). The third kappa shape index (κ3) is 3.63. The van der Waals surface area contributed by atoms with Gasteiger partial charge in [-0.25, -0.2) is 4.39 Å². The van der Waals surface area contributed by atoms with E-state index in [9.17, 15) is 4.39 Å². The molecule has 94 valence electrons. The molecule has 0 saturated carbocycles. The Morgan fingerprint density at radius 1 is 1.35 bits per heavy atom. The number of thiol groups is 1. The molecule has 0 aliphatic carbocycles. The molecule has 1 saturated heterocycles. The average molecular weight is 272 g/mol. The lowest BCUT2D eigenvalue weighted by molar-refractivity contribution is 0.0371. The smallest absolute Gasteiger partial charge is 0.124 e. The van der Waals surface area contributed by atoms with E-state index >= 15 is 0 Å². The SMILES string of the molecule is Fc1cccc(SCC2(CS)CCOCC2)c1. The Hall–Kier alpha value is -0.190. The van der Waals surface area contributed by atoms with Crippen LogP contribution in [0.4, 0.5) is 4.39 Å². The van der Waals surface area contributed by atoms with E-state index < -0.39 is 0 Å². The van der Waals surface area contributed by atoms with E-state index in [1.54, 1.807) is 23.9 Å². The quantitative estimate of drug-likeness (QED) is 0.662. The van der Waals surface area contributed by atoms with Gasteiger partial charge in [0.1, 0.15) is 5.82 Å². The van der Waals surface area contributed by atoms with Crippen molar-refractivity contribution < 1.29 is 9.13 Å². The number of rotatable bonds is 4. The first-order valence-corrected chi connectivity index (χ1v) is 7.43. The van der Waals surface area contributed by atoms with Crippen molar-refractivity contribution in [2.75, 3.05) is 24.7 Å². The van der Waals surface area contributed by atoms with Crippen LogP contribution < -0.4 is 0 Å². The van der Waals surface area contributed by atoms with Crippen molar-refractivity contribution in [3.05, 3.63) is 30.1 Å². The highest BCUT2D eigenvalue weighted by atomic mass is 32.2. The predicted octanol–water partition coefficient (Wildman–Crippen LogP) is 3.64.